The molecule has 1 aromatic heterocycles. The van der Waals surface area contributed by atoms with Gasteiger partial charge in [0.05, 0.1) is 11.1 Å². The second-order valence-corrected chi connectivity index (χ2v) is 7.36. The van der Waals surface area contributed by atoms with Gasteiger partial charge in [0.2, 0.25) is 5.95 Å². The number of nitrogens with two attached hydrogens (primary N) is 1. The van der Waals surface area contributed by atoms with Crippen LogP contribution in [0.2, 0.25) is 0 Å². The van der Waals surface area contributed by atoms with Gasteiger partial charge in [-0.1, -0.05) is 30.3 Å². The third-order valence-electron chi connectivity index (χ3n) is 3.46. The number of sulfonamides is 1. The van der Waals surface area contributed by atoms with Gasteiger partial charge in [0.25, 0.3) is 10.0 Å². The van der Waals surface area contributed by atoms with Crippen LogP contribution in [-0.4, -0.2) is 24.6 Å². The van der Waals surface area contributed by atoms with Crippen molar-refractivity contribution in [2.24, 2.45) is 5.10 Å². The first-order chi connectivity index (χ1) is 12.9. The summed E-state index contributed by atoms with van der Waals surface area (Å²) in [5.41, 5.74) is 10.3. The van der Waals surface area contributed by atoms with Gasteiger partial charge < -0.3 is 5.73 Å². The van der Waals surface area contributed by atoms with Crippen LogP contribution in [0.1, 0.15) is 11.3 Å². The van der Waals surface area contributed by atoms with E-state index in [4.69, 9.17) is 5.73 Å². The molecule has 3 aromatic rings. The fourth-order valence-corrected chi connectivity index (χ4v) is 3.15. The molecule has 2 aromatic carbocycles. The first-order valence-corrected chi connectivity index (χ1v) is 9.49. The van der Waals surface area contributed by atoms with Crippen LogP contribution in [0.5, 0.6) is 0 Å². The van der Waals surface area contributed by atoms with Crippen LogP contribution in [0.15, 0.2) is 70.7 Å². The van der Waals surface area contributed by atoms with Gasteiger partial charge in [-0.3, -0.25) is 5.43 Å². The second kappa shape index (κ2) is 7.83. The predicted octanol–water partition coefficient (Wildman–Crippen LogP) is 2.61. The molecule has 138 valence electrons. The number of aromatic nitrogens is 2. The Kier molecular flexibility index (Phi) is 5.32. The van der Waals surface area contributed by atoms with E-state index in [1.165, 1.54) is 24.3 Å². The summed E-state index contributed by atoms with van der Waals surface area (Å²) in [5.74, 6) is 0.314. The Bertz CT molecular complexity index is 1050. The number of hydrogen-bond acceptors (Lipinski definition) is 7. The zero-order valence-corrected chi connectivity index (χ0v) is 15.3. The van der Waals surface area contributed by atoms with Gasteiger partial charge in [-0.2, -0.15) is 10.1 Å². The van der Waals surface area contributed by atoms with E-state index in [9.17, 15) is 8.42 Å². The Morgan fingerprint density at radius 3 is 2.44 bits per heavy atom. The minimum Gasteiger partial charge on any atom is -0.399 e. The molecular weight excluding hydrogens is 364 g/mol. The number of nitrogen functional groups attached to an aromatic ring is 1. The van der Waals surface area contributed by atoms with E-state index in [-0.39, 0.29) is 10.8 Å². The van der Waals surface area contributed by atoms with Crippen molar-refractivity contribution in [2.45, 2.75) is 11.8 Å². The maximum atomic E-state index is 12.5. The molecule has 0 aliphatic heterocycles. The molecule has 3 rings (SSSR count). The molecule has 0 unspecified atom stereocenters. The minimum atomic E-state index is -3.82. The summed E-state index contributed by atoms with van der Waals surface area (Å²) in [7, 11) is -3.82. The number of hydrogen-bond donors (Lipinski definition) is 3. The first-order valence-electron chi connectivity index (χ1n) is 8.00. The van der Waals surface area contributed by atoms with Crippen molar-refractivity contribution in [1.82, 2.24) is 9.97 Å². The Labute approximate surface area is 157 Å². The molecule has 1 heterocycles. The molecule has 0 radical (unpaired) electrons. The average Bonchev–Trinajstić information content (AvgIpc) is 2.62. The molecule has 0 atom stereocenters. The lowest BCUT2D eigenvalue weighted by Gasteiger charge is -2.09. The molecule has 0 aliphatic carbocycles. The zero-order valence-electron chi connectivity index (χ0n) is 14.5. The van der Waals surface area contributed by atoms with Gasteiger partial charge in [-0.25, -0.2) is 18.1 Å². The van der Waals surface area contributed by atoms with Crippen LogP contribution in [0.4, 0.5) is 17.5 Å². The first kappa shape index (κ1) is 18.3. The fourth-order valence-electron chi connectivity index (χ4n) is 2.21. The van der Waals surface area contributed by atoms with Crippen LogP contribution in [0.3, 0.4) is 0 Å². The third kappa shape index (κ3) is 5.02. The minimum absolute atomic E-state index is 0.0516. The number of rotatable bonds is 6. The van der Waals surface area contributed by atoms with E-state index in [1.54, 1.807) is 19.2 Å². The third-order valence-corrected chi connectivity index (χ3v) is 4.81. The molecule has 9 heteroatoms. The number of anilines is 3. The molecule has 0 bridgehead atoms. The summed E-state index contributed by atoms with van der Waals surface area (Å²) in [6, 6.07) is 17.0. The average molecular weight is 382 g/mol. The van der Waals surface area contributed by atoms with Crippen LogP contribution >= 0.6 is 0 Å². The number of aryl methyl sites for hydroxylation is 1. The summed E-state index contributed by atoms with van der Waals surface area (Å²) in [4.78, 5) is 8.32. The van der Waals surface area contributed by atoms with Crippen molar-refractivity contribution in [3.63, 3.8) is 0 Å². The quantitative estimate of drug-likeness (QED) is 0.342. The lowest BCUT2D eigenvalue weighted by Crippen LogP contribution is -2.16. The van der Waals surface area contributed by atoms with Gasteiger partial charge >= 0.3 is 0 Å². The summed E-state index contributed by atoms with van der Waals surface area (Å²) >= 11 is 0. The van der Waals surface area contributed by atoms with Crippen molar-refractivity contribution in [3.8, 4) is 0 Å². The van der Waals surface area contributed by atoms with Gasteiger partial charge in [0.1, 0.15) is 0 Å². The molecule has 0 amide bonds. The van der Waals surface area contributed by atoms with E-state index in [0.29, 0.717) is 17.2 Å². The second-order valence-electron chi connectivity index (χ2n) is 5.67. The fraction of sp³-hybridized carbons (Fsp3) is 0.0556. The van der Waals surface area contributed by atoms with Crippen LogP contribution in [0.25, 0.3) is 0 Å². The summed E-state index contributed by atoms with van der Waals surface area (Å²) in [5, 5.41) is 4.10. The van der Waals surface area contributed by atoms with Crippen LogP contribution < -0.4 is 15.9 Å². The van der Waals surface area contributed by atoms with Crippen LogP contribution in [0, 0.1) is 6.92 Å². The number of nitrogens with one attached hydrogen (secondary N) is 2. The van der Waals surface area contributed by atoms with E-state index in [0.717, 1.165) is 5.56 Å². The standard InChI is InChI=1S/C18H18N6O2S/c1-13-11-17(23-20-12-14-5-3-2-4-6-14)22-18(21-13)24-27(25,26)16-9-7-15(19)8-10-16/h2-12H,19H2,1H3,(H2,21,22,23,24)/b20-12-. The monoisotopic (exact) mass is 382 g/mol. The largest absolute Gasteiger partial charge is 0.399 e. The van der Waals surface area contributed by atoms with Crippen molar-refractivity contribution >= 4 is 33.7 Å². The molecule has 0 fully saturated rings. The van der Waals surface area contributed by atoms with Gasteiger partial charge in [0.15, 0.2) is 5.82 Å². The maximum absolute atomic E-state index is 12.5. The lowest BCUT2D eigenvalue weighted by atomic mass is 10.2. The van der Waals surface area contributed by atoms with E-state index in [2.05, 4.69) is 25.2 Å². The van der Waals surface area contributed by atoms with Gasteiger partial charge in [-0.15, -0.1) is 0 Å². The highest BCUT2D eigenvalue weighted by molar-refractivity contribution is 7.92. The van der Waals surface area contributed by atoms with Gasteiger partial charge in [0, 0.05) is 17.4 Å². The predicted molar refractivity (Wildman–Crippen MR) is 106 cm³/mol. The maximum Gasteiger partial charge on any atom is 0.264 e. The molecular formula is C18H18N6O2S. The highest BCUT2D eigenvalue weighted by atomic mass is 32.2. The van der Waals surface area contributed by atoms with Gasteiger partial charge in [-0.05, 0) is 36.8 Å². The van der Waals surface area contributed by atoms with Crippen LogP contribution in [-0.2, 0) is 10.0 Å². The normalized spacial score (nSPS) is 11.4. The molecule has 8 nitrogen and oxygen atoms in total. The lowest BCUT2D eigenvalue weighted by molar-refractivity contribution is 0.601. The topological polar surface area (TPSA) is 122 Å². The molecule has 0 saturated heterocycles. The molecule has 0 spiro atoms. The summed E-state index contributed by atoms with van der Waals surface area (Å²) in [6.07, 6.45) is 1.63. The Hall–Kier alpha value is -3.46. The number of nitrogens with zero attached hydrogens (tertiary/aromatic N) is 3. The zero-order chi connectivity index (χ0) is 19.3. The van der Waals surface area contributed by atoms with E-state index < -0.39 is 10.0 Å². The SMILES string of the molecule is Cc1cc(N/N=C\c2ccccc2)nc(NS(=O)(=O)c2ccc(N)cc2)n1. The van der Waals surface area contributed by atoms with E-state index in [1.807, 2.05) is 30.3 Å². The number of benzene rings is 2. The van der Waals surface area contributed by atoms with Crippen molar-refractivity contribution in [1.29, 1.82) is 0 Å². The molecule has 27 heavy (non-hydrogen) atoms. The molecule has 4 N–H and O–H groups in total. The Morgan fingerprint density at radius 2 is 1.74 bits per heavy atom. The van der Waals surface area contributed by atoms with Crippen molar-refractivity contribution < 1.29 is 8.42 Å². The van der Waals surface area contributed by atoms with Crippen molar-refractivity contribution in [2.75, 3.05) is 15.9 Å². The van der Waals surface area contributed by atoms with E-state index >= 15 is 0 Å². The van der Waals surface area contributed by atoms with Crippen molar-refractivity contribution in [3.05, 3.63) is 71.9 Å². The molecule has 0 aliphatic rings. The highest BCUT2D eigenvalue weighted by Crippen LogP contribution is 2.16. The smallest absolute Gasteiger partial charge is 0.264 e. The Balaban J connectivity index is 1.77. The molecule has 0 saturated carbocycles. The number of hydrazone groups is 1. The highest BCUT2D eigenvalue weighted by Gasteiger charge is 2.16. The summed E-state index contributed by atoms with van der Waals surface area (Å²) < 4.78 is 27.3. The Morgan fingerprint density at radius 1 is 1.04 bits per heavy atom. The summed E-state index contributed by atoms with van der Waals surface area (Å²) in [6.45, 7) is 1.73.